The number of anilines is 2. The van der Waals surface area contributed by atoms with Gasteiger partial charge in [0.1, 0.15) is 15.7 Å². The molecule has 1 aliphatic rings. The smallest absolute Gasteiger partial charge is 0.264 e. The van der Waals surface area contributed by atoms with E-state index in [1.807, 2.05) is 0 Å². The van der Waals surface area contributed by atoms with Crippen LogP contribution in [-0.2, 0) is 10.0 Å². The second kappa shape index (κ2) is 10.9. The van der Waals surface area contributed by atoms with Crippen molar-refractivity contribution in [2.75, 3.05) is 10.0 Å². The third-order valence-corrected chi connectivity index (χ3v) is 9.59. The predicted octanol–water partition coefficient (Wildman–Crippen LogP) is 6.85. The molecule has 14 heteroatoms. The van der Waals surface area contributed by atoms with Gasteiger partial charge in [0, 0.05) is 35.8 Å². The number of aromatic nitrogens is 5. The van der Waals surface area contributed by atoms with Gasteiger partial charge in [-0.2, -0.15) is 0 Å². The van der Waals surface area contributed by atoms with Crippen LogP contribution < -0.4 is 10.0 Å². The fraction of sp³-hybridized carbons (Fsp3) is 0.148. The second-order valence-corrected chi connectivity index (χ2v) is 12.7. The zero-order valence-corrected chi connectivity index (χ0v) is 24.4. The molecule has 0 unspecified atom stereocenters. The van der Waals surface area contributed by atoms with Gasteiger partial charge in [-0.05, 0) is 50.1 Å². The molecule has 0 saturated heterocycles. The zero-order chi connectivity index (χ0) is 28.7. The van der Waals surface area contributed by atoms with Crippen LogP contribution >= 0.6 is 34.5 Å². The summed E-state index contributed by atoms with van der Waals surface area (Å²) in [4.78, 5) is 22.4. The number of aryl methyl sites for hydroxylation is 1. The van der Waals surface area contributed by atoms with E-state index in [9.17, 15) is 8.42 Å². The van der Waals surface area contributed by atoms with Crippen molar-refractivity contribution < 1.29 is 12.8 Å². The summed E-state index contributed by atoms with van der Waals surface area (Å²) >= 11 is 13.5. The number of halogens is 3. The van der Waals surface area contributed by atoms with E-state index >= 15 is 4.39 Å². The van der Waals surface area contributed by atoms with Crippen molar-refractivity contribution in [3.63, 3.8) is 0 Å². The Hall–Kier alpha value is -3.71. The van der Waals surface area contributed by atoms with E-state index in [1.165, 1.54) is 47.7 Å². The average molecular weight is 629 g/mol. The summed E-state index contributed by atoms with van der Waals surface area (Å²) < 4.78 is 44.8. The first-order valence-electron chi connectivity index (χ1n) is 12.3. The monoisotopic (exact) mass is 627 g/mol. The maximum Gasteiger partial charge on any atom is 0.264 e. The molecular formula is C27H20Cl2FN7O2S2. The molecule has 0 bridgehead atoms. The van der Waals surface area contributed by atoms with Gasteiger partial charge in [0.15, 0.2) is 5.82 Å². The number of benzene rings is 2. The van der Waals surface area contributed by atoms with E-state index in [4.69, 9.17) is 28.2 Å². The van der Waals surface area contributed by atoms with Gasteiger partial charge in [-0.1, -0.05) is 35.3 Å². The maximum absolute atomic E-state index is 16.1. The number of sulfonamides is 1. The molecule has 2 N–H and O–H groups in total. The van der Waals surface area contributed by atoms with Crippen LogP contribution in [0, 0.1) is 12.7 Å². The van der Waals surface area contributed by atoms with Crippen LogP contribution in [0.2, 0.25) is 10.0 Å². The van der Waals surface area contributed by atoms with Crippen molar-refractivity contribution in [2.45, 2.75) is 30.7 Å². The van der Waals surface area contributed by atoms with Crippen LogP contribution in [0.5, 0.6) is 0 Å². The van der Waals surface area contributed by atoms with Crippen LogP contribution in [0.25, 0.3) is 32.4 Å². The molecule has 0 aliphatic heterocycles. The lowest BCUT2D eigenvalue weighted by molar-refractivity contribution is 0.599. The number of rotatable bonds is 8. The minimum atomic E-state index is -4.33. The van der Waals surface area contributed by atoms with Crippen LogP contribution in [-0.4, -0.2) is 39.4 Å². The first kappa shape index (κ1) is 27.5. The summed E-state index contributed by atoms with van der Waals surface area (Å²) in [5, 5.41) is 3.63. The van der Waals surface area contributed by atoms with Gasteiger partial charge in [0.25, 0.3) is 10.0 Å². The highest BCUT2D eigenvalue weighted by Gasteiger charge is 2.27. The Bertz CT molecular complexity index is 1860. The Labute approximate surface area is 248 Å². The third-order valence-electron chi connectivity index (χ3n) is 6.14. The van der Waals surface area contributed by atoms with Gasteiger partial charge < -0.3 is 5.32 Å². The Kier molecular flexibility index (Phi) is 7.32. The minimum absolute atomic E-state index is 0.0660. The molecule has 208 valence electrons. The molecule has 2 aromatic carbocycles. The van der Waals surface area contributed by atoms with Gasteiger partial charge in [-0.3, -0.25) is 4.72 Å². The molecule has 41 heavy (non-hydrogen) atoms. The highest BCUT2D eigenvalue weighted by molar-refractivity contribution is 7.93. The van der Waals surface area contributed by atoms with Crippen molar-refractivity contribution >= 4 is 56.2 Å². The Morgan fingerprint density at radius 1 is 0.976 bits per heavy atom. The summed E-state index contributed by atoms with van der Waals surface area (Å²) in [7, 11) is -4.33. The largest absolute Gasteiger partial charge is 0.351 e. The van der Waals surface area contributed by atoms with Crippen LogP contribution in [0.1, 0.15) is 18.7 Å². The van der Waals surface area contributed by atoms with Gasteiger partial charge >= 0.3 is 0 Å². The maximum atomic E-state index is 16.1. The lowest BCUT2D eigenvalue weighted by Gasteiger charge is -2.13. The summed E-state index contributed by atoms with van der Waals surface area (Å²) in [5.41, 5.74) is 1.22. The first-order chi connectivity index (χ1) is 19.7. The molecule has 0 amide bonds. The van der Waals surface area contributed by atoms with Crippen LogP contribution in [0.4, 0.5) is 16.0 Å². The normalized spacial score (nSPS) is 13.3. The molecule has 3 aromatic heterocycles. The number of hydrogen-bond donors (Lipinski definition) is 2. The van der Waals surface area contributed by atoms with Crippen molar-refractivity contribution in [1.82, 2.24) is 24.9 Å². The minimum Gasteiger partial charge on any atom is -0.351 e. The quantitative estimate of drug-likeness (QED) is 0.191. The van der Waals surface area contributed by atoms with E-state index in [0.717, 1.165) is 12.8 Å². The van der Waals surface area contributed by atoms with Gasteiger partial charge in [0.2, 0.25) is 5.95 Å². The van der Waals surface area contributed by atoms with E-state index in [0.29, 0.717) is 39.0 Å². The van der Waals surface area contributed by atoms with Crippen molar-refractivity contribution in [3.8, 4) is 32.4 Å². The molecule has 9 nitrogen and oxygen atoms in total. The van der Waals surface area contributed by atoms with Crippen molar-refractivity contribution in [2.24, 2.45) is 0 Å². The van der Waals surface area contributed by atoms with Crippen LogP contribution in [0.15, 0.2) is 66.0 Å². The number of nitrogens with one attached hydrogen (secondary N) is 2. The van der Waals surface area contributed by atoms with Crippen molar-refractivity contribution in [1.29, 1.82) is 0 Å². The molecule has 0 atom stereocenters. The van der Waals surface area contributed by atoms with E-state index < -0.39 is 15.8 Å². The Balaban J connectivity index is 1.46. The van der Waals surface area contributed by atoms with E-state index in [1.54, 1.807) is 31.6 Å². The lowest BCUT2D eigenvalue weighted by atomic mass is 10.1. The number of nitrogens with zero attached hydrogens (tertiary/aromatic N) is 5. The molecule has 3 heterocycles. The molecule has 5 aromatic rings. The summed E-state index contributed by atoms with van der Waals surface area (Å²) in [6, 6.07) is 10.7. The second-order valence-electron chi connectivity index (χ2n) is 9.22. The fourth-order valence-corrected chi connectivity index (χ4v) is 7.23. The molecule has 6 rings (SSSR count). The standard InChI is InChI=1S/C27H20Cl2FN7O2S2/c1-14-32-12-15(13-33-14)26-36-23(24(40-26)21-10-11-31-27(35-21)34-16-8-9-16)17-4-2-7-20(22(17)30)37-41(38,39)25-18(28)5-3-6-19(25)29/h2-7,10-13,16,37H,8-9H2,1H3,(H,31,34,35). The zero-order valence-electron chi connectivity index (χ0n) is 21.3. The summed E-state index contributed by atoms with van der Waals surface area (Å²) in [6.45, 7) is 1.77. The summed E-state index contributed by atoms with van der Waals surface area (Å²) in [5.74, 6) is 0.230. The topological polar surface area (TPSA) is 123 Å². The Morgan fingerprint density at radius 2 is 1.68 bits per heavy atom. The van der Waals surface area contributed by atoms with Gasteiger partial charge in [-0.15, -0.1) is 11.3 Å². The lowest BCUT2D eigenvalue weighted by Crippen LogP contribution is -2.15. The SMILES string of the molecule is Cc1ncc(-c2nc(-c3cccc(NS(=O)(=O)c4c(Cl)cccc4Cl)c3F)c(-c3ccnc(NC4CC4)n3)s2)cn1. The molecule has 0 radical (unpaired) electrons. The van der Waals surface area contributed by atoms with Gasteiger partial charge in [-0.25, -0.2) is 37.7 Å². The van der Waals surface area contributed by atoms with E-state index in [-0.39, 0.29) is 31.9 Å². The summed E-state index contributed by atoms with van der Waals surface area (Å²) in [6.07, 6.45) is 7.00. The van der Waals surface area contributed by atoms with Gasteiger partial charge in [0.05, 0.1) is 32.0 Å². The van der Waals surface area contributed by atoms with Crippen molar-refractivity contribution in [3.05, 3.63) is 82.7 Å². The van der Waals surface area contributed by atoms with Crippen LogP contribution in [0.3, 0.4) is 0 Å². The first-order valence-corrected chi connectivity index (χ1v) is 15.4. The third kappa shape index (κ3) is 5.73. The fourth-order valence-electron chi connectivity index (χ4n) is 4.00. The molecule has 0 spiro atoms. The number of thiazole rings is 1. The molecule has 1 aliphatic carbocycles. The average Bonchev–Trinajstić information content (AvgIpc) is 3.64. The highest BCUT2D eigenvalue weighted by atomic mass is 35.5. The number of hydrogen-bond acceptors (Lipinski definition) is 9. The highest BCUT2D eigenvalue weighted by Crippen LogP contribution is 2.42. The molecule has 1 saturated carbocycles. The Morgan fingerprint density at radius 3 is 2.39 bits per heavy atom. The predicted molar refractivity (Wildman–Crippen MR) is 158 cm³/mol. The van der Waals surface area contributed by atoms with E-state index in [2.05, 4.69) is 30.0 Å². The molecule has 1 fully saturated rings. The molecular weight excluding hydrogens is 608 g/mol.